The molecule has 0 saturated carbocycles. The average molecular weight is 300 g/mol. The first-order valence-electron chi connectivity index (χ1n) is 7.95. The van der Waals surface area contributed by atoms with Crippen LogP contribution >= 0.6 is 17.2 Å². The highest BCUT2D eigenvalue weighted by molar-refractivity contribution is 7.39. The van der Waals surface area contributed by atoms with Gasteiger partial charge in [0.1, 0.15) is 0 Å². The molecule has 0 N–H and O–H groups in total. The van der Waals surface area contributed by atoms with Crippen LogP contribution in [-0.4, -0.2) is 23.6 Å². The molecular formula is C18H22P2. The van der Waals surface area contributed by atoms with Gasteiger partial charge in [-0.15, -0.1) is 0 Å². The predicted molar refractivity (Wildman–Crippen MR) is 90.9 cm³/mol. The second-order valence-corrected chi connectivity index (χ2v) is 9.16. The lowest BCUT2D eigenvalue weighted by Gasteiger charge is -2.25. The van der Waals surface area contributed by atoms with Crippen molar-refractivity contribution in [3.63, 3.8) is 0 Å². The Bertz CT molecular complexity index is 430. The van der Waals surface area contributed by atoms with Gasteiger partial charge in [-0.2, -0.15) is 0 Å². The molecule has 2 fully saturated rings. The summed E-state index contributed by atoms with van der Waals surface area (Å²) in [5.74, 6) is 3.58. The zero-order valence-electron chi connectivity index (χ0n) is 11.8. The maximum absolute atomic E-state index is 2.48. The van der Waals surface area contributed by atoms with Gasteiger partial charge in [0.2, 0.25) is 0 Å². The Labute approximate surface area is 126 Å². The van der Waals surface area contributed by atoms with Crippen LogP contribution in [0.5, 0.6) is 0 Å². The highest BCUT2D eigenvalue weighted by Gasteiger charge is 2.37. The Morgan fingerprint density at radius 3 is 1.60 bits per heavy atom. The van der Waals surface area contributed by atoms with Crippen molar-refractivity contribution in [3.05, 3.63) is 48.6 Å². The van der Waals surface area contributed by atoms with Crippen molar-refractivity contribution in [1.29, 1.82) is 0 Å². The van der Waals surface area contributed by atoms with Crippen LogP contribution in [0.1, 0.15) is 12.8 Å². The molecule has 0 nitrogen and oxygen atoms in total. The average Bonchev–Trinajstić information content (AvgIpc) is 3.09. The Hall–Kier alpha value is -0.180. The summed E-state index contributed by atoms with van der Waals surface area (Å²) in [6.07, 6.45) is 24.6. The van der Waals surface area contributed by atoms with Crippen LogP contribution in [0.15, 0.2) is 48.6 Å². The normalized spacial score (nSPS) is 47.2. The van der Waals surface area contributed by atoms with Gasteiger partial charge in [0, 0.05) is 11.3 Å². The van der Waals surface area contributed by atoms with Gasteiger partial charge >= 0.3 is 0 Å². The quantitative estimate of drug-likeness (QED) is 0.633. The van der Waals surface area contributed by atoms with Crippen LogP contribution in [0.25, 0.3) is 0 Å². The molecule has 6 atom stereocenters. The molecule has 2 radical (unpaired) electrons. The SMILES string of the molecule is C1=CC2[P]CC(CCC3C[P]C4C=CC=CC34)C2C=C1. The van der Waals surface area contributed by atoms with Gasteiger partial charge in [-0.1, -0.05) is 65.8 Å². The first-order chi connectivity index (χ1) is 9.92. The fraction of sp³-hybridized carbons (Fsp3) is 0.556. The van der Waals surface area contributed by atoms with E-state index in [1.54, 1.807) is 17.2 Å². The van der Waals surface area contributed by atoms with Crippen molar-refractivity contribution < 1.29 is 0 Å². The molecule has 0 aromatic carbocycles. The van der Waals surface area contributed by atoms with Gasteiger partial charge in [0.05, 0.1) is 0 Å². The first kappa shape index (κ1) is 13.5. The van der Waals surface area contributed by atoms with E-state index in [-0.39, 0.29) is 0 Å². The Balaban J connectivity index is 1.35. The van der Waals surface area contributed by atoms with E-state index in [2.05, 4.69) is 48.6 Å². The molecule has 0 amide bonds. The van der Waals surface area contributed by atoms with Gasteiger partial charge < -0.3 is 0 Å². The molecule has 104 valence electrons. The number of allylic oxidation sites excluding steroid dienone is 8. The number of rotatable bonds is 3. The fourth-order valence-corrected chi connectivity index (χ4v) is 7.71. The van der Waals surface area contributed by atoms with E-state index in [4.69, 9.17) is 0 Å². The smallest absolute Gasteiger partial charge is 0.00781 e. The van der Waals surface area contributed by atoms with Gasteiger partial charge in [-0.25, -0.2) is 0 Å². The third-order valence-electron chi connectivity index (χ3n) is 5.39. The zero-order valence-corrected chi connectivity index (χ0v) is 13.6. The molecule has 0 spiro atoms. The van der Waals surface area contributed by atoms with Gasteiger partial charge in [0.25, 0.3) is 0 Å². The van der Waals surface area contributed by atoms with Gasteiger partial charge in [-0.05, 0) is 48.8 Å². The molecule has 2 aliphatic carbocycles. The molecule has 0 bridgehead atoms. The van der Waals surface area contributed by atoms with Crippen LogP contribution in [0, 0.1) is 23.7 Å². The molecule has 2 heteroatoms. The van der Waals surface area contributed by atoms with E-state index >= 15 is 0 Å². The molecule has 2 heterocycles. The second-order valence-electron chi connectivity index (χ2n) is 6.50. The van der Waals surface area contributed by atoms with Crippen molar-refractivity contribution in [2.45, 2.75) is 24.2 Å². The number of fused-ring (bicyclic) bond motifs is 2. The van der Waals surface area contributed by atoms with Crippen LogP contribution in [-0.2, 0) is 0 Å². The Morgan fingerprint density at radius 2 is 1.10 bits per heavy atom. The van der Waals surface area contributed by atoms with E-state index in [0.29, 0.717) is 0 Å². The molecule has 2 aliphatic heterocycles. The molecule has 0 aromatic rings. The fourth-order valence-electron chi connectivity index (χ4n) is 4.22. The van der Waals surface area contributed by atoms with Crippen molar-refractivity contribution in [3.8, 4) is 0 Å². The van der Waals surface area contributed by atoms with E-state index < -0.39 is 0 Å². The summed E-state index contributed by atoms with van der Waals surface area (Å²) in [4.78, 5) is 0. The number of hydrogen-bond acceptors (Lipinski definition) is 0. The van der Waals surface area contributed by atoms with E-state index in [9.17, 15) is 0 Å². The van der Waals surface area contributed by atoms with E-state index in [0.717, 1.165) is 35.0 Å². The van der Waals surface area contributed by atoms with Crippen LogP contribution in [0.2, 0.25) is 0 Å². The van der Waals surface area contributed by atoms with E-state index in [1.165, 1.54) is 25.2 Å². The zero-order chi connectivity index (χ0) is 13.4. The minimum atomic E-state index is 0.831. The first-order valence-corrected chi connectivity index (χ1v) is 10.2. The summed E-state index contributed by atoms with van der Waals surface area (Å²) in [5.41, 5.74) is 1.66. The largest absolute Gasteiger partial charge is 0.0802 e. The van der Waals surface area contributed by atoms with Crippen LogP contribution in [0.4, 0.5) is 0 Å². The lowest BCUT2D eigenvalue weighted by atomic mass is 9.80. The Morgan fingerprint density at radius 1 is 0.650 bits per heavy atom. The van der Waals surface area contributed by atoms with Crippen molar-refractivity contribution in [1.82, 2.24) is 0 Å². The predicted octanol–water partition coefficient (Wildman–Crippen LogP) is 5.14. The second kappa shape index (κ2) is 5.90. The minimum Gasteiger partial charge on any atom is -0.0802 e. The Kier molecular flexibility index (Phi) is 3.98. The van der Waals surface area contributed by atoms with Crippen LogP contribution < -0.4 is 0 Å². The maximum atomic E-state index is 2.48. The van der Waals surface area contributed by atoms with Crippen LogP contribution in [0.3, 0.4) is 0 Å². The summed E-state index contributed by atoms with van der Waals surface area (Å²) in [6.45, 7) is 0. The molecule has 2 saturated heterocycles. The molecule has 20 heavy (non-hydrogen) atoms. The lowest BCUT2D eigenvalue weighted by Crippen LogP contribution is -2.21. The summed E-state index contributed by atoms with van der Waals surface area (Å²) in [5, 5.41) is 0. The lowest BCUT2D eigenvalue weighted by molar-refractivity contribution is 0.352. The molecule has 4 rings (SSSR count). The van der Waals surface area contributed by atoms with Gasteiger partial charge in [0.15, 0.2) is 0 Å². The molecule has 0 aromatic heterocycles. The number of hydrogen-bond donors (Lipinski definition) is 0. The third-order valence-corrected chi connectivity index (χ3v) is 8.63. The van der Waals surface area contributed by atoms with Gasteiger partial charge in [-0.3, -0.25) is 0 Å². The highest BCUT2D eigenvalue weighted by atomic mass is 31.1. The summed E-state index contributed by atoms with van der Waals surface area (Å²) in [7, 11) is 3.35. The summed E-state index contributed by atoms with van der Waals surface area (Å²) < 4.78 is 0. The summed E-state index contributed by atoms with van der Waals surface area (Å²) >= 11 is 0. The topological polar surface area (TPSA) is 0 Å². The third kappa shape index (κ3) is 2.51. The monoisotopic (exact) mass is 300 g/mol. The van der Waals surface area contributed by atoms with Crippen molar-refractivity contribution in [2.75, 3.05) is 12.3 Å². The molecular weight excluding hydrogens is 278 g/mol. The van der Waals surface area contributed by atoms with Crippen molar-refractivity contribution >= 4 is 17.2 Å². The molecule has 4 aliphatic rings. The molecule has 6 unspecified atom stereocenters. The highest BCUT2D eigenvalue weighted by Crippen LogP contribution is 2.50. The minimum absolute atomic E-state index is 0.831. The maximum Gasteiger partial charge on any atom is 0.00781 e. The summed E-state index contributed by atoms with van der Waals surface area (Å²) in [6, 6.07) is 0. The standard InChI is InChI=1S/C18H22P2/c1-3-7-17-15(5-1)13(11-19-17)9-10-14-12-20-18-8-4-2-6-16(14)18/h1-8,13-18H,9-12H2. The van der Waals surface area contributed by atoms with Crippen molar-refractivity contribution in [2.24, 2.45) is 23.7 Å². The van der Waals surface area contributed by atoms with E-state index in [1.807, 2.05) is 0 Å².